The van der Waals surface area contributed by atoms with Gasteiger partial charge >= 0.3 is 5.69 Å². The molecule has 0 N–H and O–H groups in total. The molecule has 2 fully saturated rings. The standard InChI is InChI=1S/C19H33N5O3/c1-4-23-17(20-24(19(23)26)11-10-21(2)3)16-6-5-9-22(14-16)18(25)15-7-12-27-13-8-15/h15-16H,4-14H2,1-3H3/t16-/m0/s1. The predicted molar refractivity (Wildman–Crippen MR) is 103 cm³/mol. The van der Waals surface area contributed by atoms with Crippen LogP contribution in [0.4, 0.5) is 0 Å². The maximum atomic E-state index is 12.9. The average molecular weight is 380 g/mol. The highest BCUT2D eigenvalue weighted by molar-refractivity contribution is 5.79. The first-order valence-corrected chi connectivity index (χ1v) is 10.2. The summed E-state index contributed by atoms with van der Waals surface area (Å²) >= 11 is 0. The van der Waals surface area contributed by atoms with Crippen molar-refractivity contribution in [3.05, 3.63) is 16.3 Å². The Morgan fingerprint density at radius 3 is 2.67 bits per heavy atom. The van der Waals surface area contributed by atoms with Gasteiger partial charge in [0.1, 0.15) is 5.82 Å². The highest BCUT2D eigenvalue weighted by atomic mass is 16.5. The predicted octanol–water partition coefficient (Wildman–Crippen LogP) is 0.759. The van der Waals surface area contributed by atoms with E-state index in [-0.39, 0.29) is 23.4 Å². The highest BCUT2D eigenvalue weighted by Crippen LogP contribution is 2.28. The van der Waals surface area contributed by atoms with Crippen molar-refractivity contribution >= 4 is 5.91 Å². The lowest BCUT2D eigenvalue weighted by Gasteiger charge is -2.35. The molecule has 2 aliphatic heterocycles. The third kappa shape index (κ3) is 4.60. The molecule has 0 radical (unpaired) electrons. The van der Waals surface area contributed by atoms with Gasteiger partial charge in [-0.3, -0.25) is 9.36 Å². The summed E-state index contributed by atoms with van der Waals surface area (Å²) in [6.07, 6.45) is 3.57. The molecule has 8 heteroatoms. The van der Waals surface area contributed by atoms with E-state index in [1.165, 1.54) is 0 Å². The fraction of sp³-hybridized carbons (Fsp3) is 0.842. The molecular weight excluding hydrogens is 346 g/mol. The van der Waals surface area contributed by atoms with Crippen LogP contribution in [0.2, 0.25) is 0 Å². The van der Waals surface area contributed by atoms with Crippen LogP contribution in [0.25, 0.3) is 0 Å². The number of piperidine rings is 1. The van der Waals surface area contributed by atoms with Crippen LogP contribution in [0.1, 0.15) is 44.3 Å². The molecule has 1 amide bonds. The van der Waals surface area contributed by atoms with E-state index < -0.39 is 0 Å². The molecule has 27 heavy (non-hydrogen) atoms. The van der Waals surface area contributed by atoms with Gasteiger partial charge in [-0.15, -0.1) is 0 Å². The second-order valence-electron chi connectivity index (χ2n) is 7.92. The normalized spacial score (nSPS) is 21.8. The zero-order valence-corrected chi connectivity index (χ0v) is 16.9. The molecule has 0 aromatic carbocycles. The second kappa shape index (κ2) is 9.01. The molecule has 0 spiro atoms. The number of likely N-dealkylation sites (tertiary alicyclic amines) is 1. The molecule has 0 saturated carbocycles. The van der Waals surface area contributed by atoms with Gasteiger partial charge in [-0.25, -0.2) is 9.48 Å². The van der Waals surface area contributed by atoms with E-state index in [9.17, 15) is 9.59 Å². The molecule has 0 aliphatic carbocycles. The van der Waals surface area contributed by atoms with Crippen molar-refractivity contribution in [2.45, 2.75) is 51.6 Å². The molecule has 2 saturated heterocycles. The van der Waals surface area contributed by atoms with E-state index in [1.807, 2.05) is 30.8 Å². The summed E-state index contributed by atoms with van der Waals surface area (Å²) in [6, 6.07) is 0. The van der Waals surface area contributed by atoms with E-state index in [0.717, 1.165) is 44.6 Å². The molecule has 152 valence electrons. The Labute approximate surface area is 161 Å². The molecule has 1 atom stereocenters. The summed E-state index contributed by atoms with van der Waals surface area (Å²) in [5, 5.41) is 4.66. The number of likely N-dealkylation sites (N-methyl/N-ethyl adjacent to an activating group) is 1. The van der Waals surface area contributed by atoms with Gasteiger partial charge in [-0.1, -0.05) is 0 Å². The van der Waals surface area contributed by atoms with Crippen LogP contribution in [-0.2, 0) is 22.6 Å². The van der Waals surface area contributed by atoms with Gasteiger partial charge < -0.3 is 14.5 Å². The third-order valence-corrected chi connectivity index (χ3v) is 5.70. The lowest BCUT2D eigenvalue weighted by molar-refractivity contribution is -0.139. The summed E-state index contributed by atoms with van der Waals surface area (Å²) in [5.41, 5.74) is -0.0396. The van der Waals surface area contributed by atoms with E-state index in [2.05, 4.69) is 5.10 Å². The second-order valence-corrected chi connectivity index (χ2v) is 7.92. The zero-order chi connectivity index (χ0) is 19.4. The minimum absolute atomic E-state index is 0.0396. The summed E-state index contributed by atoms with van der Waals surface area (Å²) in [5.74, 6) is 1.31. The van der Waals surface area contributed by atoms with E-state index >= 15 is 0 Å². The van der Waals surface area contributed by atoms with Crippen LogP contribution >= 0.6 is 0 Å². The third-order valence-electron chi connectivity index (χ3n) is 5.70. The van der Waals surface area contributed by atoms with Crippen LogP contribution < -0.4 is 5.69 Å². The average Bonchev–Trinajstić information content (AvgIpc) is 3.02. The van der Waals surface area contributed by atoms with E-state index in [4.69, 9.17) is 4.74 Å². The Bertz CT molecular complexity index is 690. The smallest absolute Gasteiger partial charge is 0.345 e. The number of hydrogen-bond acceptors (Lipinski definition) is 5. The summed E-state index contributed by atoms with van der Waals surface area (Å²) in [4.78, 5) is 29.6. The van der Waals surface area contributed by atoms with Crippen molar-refractivity contribution in [1.82, 2.24) is 24.1 Å². The SMILES string of the molecule is CCn1c([C@H]2CCCN(C(=O)C3CCOCC3)C2)nn(CCN(C)C)c1=O. The molecule has 8 nitrogen and oxygen atoms in total. The Morgan fingerprint density at radius 2 is 2.00 bits per heavy atom. The first-order valence-electron chi connectivity index (χ1n) is 10.2. The van der Waals surface area contributed by atoms with Gasteiger partial charge in [0, 0.05) is 51.2 Å². The van der Waals surface area contributed by atoms with Gasteiger partial charge in [0.25, 0.3) is 0 Å². The van der Waals surface area contributed by atoms with Crippen LogP contribution in [-0.4, -0.2) is 77.0 Å². The van der Waals surface area contributed by atoms with E-state index in [0.29, 0.717) is 32.8 Å². The number of aromatic nitrogens is 3. The van der Waals surface area contributed by atoms with Crippen molar-refractivity contribution in [3.63, 3.8) is 0 Å². The van der Waals surface area contributed by atoms with Gasteiger partial charge in [0.2, 0.25) is 5.91 Å². The Kier molecular flexibility index (Phi) is 6.70. The zero-order valence-electron chi connectivity index (χ0n) is 16.9. The quantitative estimate of drug-likeness (QED) is 0.730. The molecule has 1 aromatic heterocycles. The lowest BCUT2D eigenvalue weighted by atomic mass is 9.93. The molecule has 2 aliphatic rings. The lowest BCUT2D eigenvalue weighted by Crippen LogP contribution is -2.44. The topological polar surface area (TPSA) is 72.6 Å². The molecule has 1 aromatic rings. The number of nitrogens with zero attached hydrogens (tertiary/aromatic N) is 5. The minimum Gasteiger partial charge on any atom is -0.381 e. The van der Waals surface area contributed by atoms with Crippen molar-refractivity contribution < 1.29 is 9.53 Å². The van der Waals surface area contributed by atoms with Gasteiger partial charge in [-0.2, -0.15) is 5.10 Å². The van der Waals surface area contributed by atoms with Gasteiger partial charge in [-0.05, 0) is 46.7 Å². The Morgan fingerprint density at radius 1 is 1.26 bits per heavy atom. The number of carbonyl (C=O) groups excluding carboxylic acids is 1. The summed E-state index contributed by atoms with van der Waals surface area (Å²) in [7, 11) is 3.98. The minimum atomic E-state index is -0.0396. The molecule has 0 unspecified atom stereocenters. The van der Waals surface area contributed by atoms with Crippen molar-refractivity contribution in [3.8, 4) is 0 Å². The van der Waals surface area contributed by atoms with Crippen molar-refractivity contribution in [2.24, 2.45) is 5.92 Å². The van der Waals surface area contributed by atoms with Crippen molar-refractivity contribution in [1.29, 1.82) is 0 Å². The molecule has 3 rings (SSSR count). The van der Waals surface area contributed by atoms with E-state index in [1.54, 1.807) is 9.25 Å². The largest absolute Gasteiger partial charge is 0.381 e. The van der Waals surface area contributed by atoms with Crippen molar-refractivity contribution in [2.75, 3.05) is 46.9 Å². The number of hydrogen-bond donors (Lipinski definition) is 0. The number of carbonyl (C=O) groups is 1. The fourth-order valence-corrected chi connectivity index (χ4v) is 4.09. The fourth-order valence-electron chi connectivity index (χ4n) is 4.09. The summed E-state index contributed by atoms with van der Waals surface area (Å²) in [6.45, 7) is 6.79. The first kappa shape index (κ1) is 20.1. The molecule has 0 bridgehead atoms. The van der Waals surface area contributed by atoms with Crippen LogP contribution in [0.5, 0.6) is 0 Å². The molecular formula is C19H33N5O3. The van der Waals surface area contributed by atoms with Crippen LogP contribution in [0.15, 0.2) is 4.79 Å². The monoisotopic (exact) mass is 379 g/mol. The van der Waals surface area contributed by atoms with Gasteiger partial charge in [0.05, 0.1) is 6.54 Å². The highest BCUT2D eigenvalue weighted by Gasteiger charge is 2.32. The Hall–Kier alpha value is -1.67. The molecule has 3 heterocycles. The van der Waals surface area contributed by atoms with Crippen LogP contribution in [0.3, 0.4) is 0 Å². The maximum Gasteiger partial charge on any atom is 0.345 e. The Balaban J connectivity index is 1.74. The maximum absolute atomic E-state index is 12.9. The van der Waals surface area contributed by atoms with Gasteiger partial charge in [0.15, 0.2) is 0 Å². The number of rotatable bonds is 6. The summed E-state index contributed by atoms with van der Waals surface area (Å²) < 4.78 is 8.75. The number of amides is 1. The van der Waals surface area contributed by atoms with Crippen LogP contribution in [0, 0.1) is 5.92 Å². The first-order chi connectivity index (χ1) is 13.0. The number of ether oxygens (including phenoxy) is 1.